The van der Waals surface area contributed by atoms with E-state index in [1.807, 2.05) is 18.2 Å². The molecule has 1 aromatic carbocycles. The van der Waals surface area contributed by atoms with Crippen molar-refractivity contribution in [2.24, 2.45) is 0 Å². The number of carbonyl (C=O) groups excluding carboxylic acids is 1. The van der Waals surface area contributed by atoms with Crippen LogP contribution in [0.25, 0.3) is 0 Å². The molecule has 0 saturated carbocycles. The first-order valence-electron chi connectivity index (χ1n) is 9.65. The summed E-state index contributed by atoms with van der Waals surface area (Å²) in [5, 5.41) is 9.64. The van der Waals surface area contributed by atoms with Gasteiger partial charge < -0.3 is 19.1 Å². The van der Waals surface area contributed by atoms with Gasteiger partial charge >= 0.3 is 5.97 Å². The van der Waals surface area contributed by atoms with E-state index < -0.39 is 18.9 Å². The third-order valence-electron chi connectivity index (χ3n) is 5.66. The number of quaternary nitrogens is 1. The maximum Gasteiger partial charge on any atom is 0.316 e. The van der Waals surface area contributed by atoms with E-state index in [0.717, 1.165) is 0 Å². The number of carbonyl (C=O) groups is 1. The third-order valence-corrected chi connectivity index (χ3v) is 5.66. The van der Waals surface area contributed by atoms with Gasteiger partial charge in [0, 0.05) is 12.8 Å². The summed E-state index contributed by atoms with van der Waals surface area (Å²) in [6.07, 6.45) is 0.533. The highest BCUT2D eigenvalue weighted by Gasteiger charge is 2.70. The van der Waals surface area contributed by atoms with Crippen LogP contribution in [-0.2, 0) is 14.3 Å². The van der Waals surface area contributed by atoms with Crippen LogP contribution in [0.15, 0.2) is 30.3 Å². The van der Waals surface area contributed by atoms with E-state index >= 15 is 0 Å². The molecule has 124 valence electrons. The summed E-state index contributed by atoms with van der Waals surface area (Å²) in [5.41, 5.74) is 0.716. The maximum atomic E-state index is 12.6. The molecule has 5 unspecified atom stereocenters. The van der Waals surface area contributed by atoms with Crippen molar-refractivity contribution >= 4 is 5.97 Å². The second-order valence-corrected chi connectivity index (χ2v) is 7.02. The van der Waals surface area contributed by atoms with Crippen molar-refractivity contribution in [2.75, 3.05) is 20.6 Å². The standard InChI is InChI=1S/C18H24NO4/c1-19(2)14-8-12(9-15(19)17-16(14)23-17)22-18(21)13(10-20)11-6-4-3-5-7-11/h3-7,12-17,20H,8-10H2,1-2H3/q+1/i1T3. The highest BCUT2D eigenvalue weighted by Crippen LogP contribution is 2.51. The fourth-order valence-corrected chi connectivity index (χ4v) is 4.30. The van der Waals surface area contributed by atoms with Gasteiger partial charge in [-0.1, -0.05) is 30.3 Å². The number of aliphatic hydroxyl groups is 1. The number of esters is 1. The molecule has 5 nitrogen and oxygen atoms in total. The number of piperidine rings is 1. The van der Waals surface area contributed by atoms with Crippen LogP contribution < -0.4 is 0 Å². The number of nitrogens with zero attached hydrogens (tertiary/aromatic N) is 1. The summed E-state index contributed by atoms with van der Waals surface area (Å²) in [4.78, 5) is 12.6. The summed E-state index contributed by atoms with van der Waals surface area (Å²) in [5.74, 6) is -1.17. The molecular weight excluding hydrogens is 294 g/mol. The van der Waals surface area contributed by atoms with Crippen LogP contribution in [0, 0.1) is 0 Å². The lowest BCUT2D eigenvalue weighted by Crippen LogP contribution is -2.60. The van der Waals surface area contributed by atoms with Gasteiger partial charge in [0.15, 0.2) is 0 Å². The lowest BCUT2D eigenvalue weighted by molar-refractivity contribution is -0.938. The molecule has 1 N–H and O–H groups in total. The summed E-state index contributed by atoms with van der Waals surface area (Å²) in [7, 11) is 1.77. The largest absolute Gasteiger partial charge is 0.461 e. The molecule has 3 heterocycles. The van der Waals surface area contributed by atoms with Crippen molar-refractivity contribution in [3.63, 3.8) is 0 Å². The van der Waals surface area contributed by atoms with Crippen LogP contribution in [0.2, 0.25) is 0 Å². The van der Waals surface area contributed by atoms with Gasteiger partial charge in [-0.3, -0.25) is 4.79 Å². The monoisotopic (exact) mass is 324 g/mol. The Labute approximate surface area is 140 Å². The molecule has 23 heavy (non-hydrogen) atoms. The van der Waals surface area contributed by atoms with Crippen LogP contribution in [-0.4, -0.2) is 66.6 Å². The Morgan fingerprint density at radius 3 is 2.61 bits per heavy atom. The molecule has 3 aliphatic rings. The minimum Gasteiger partial charge on any atom is -0.461 e. The van der Waals surface area contributed by atoms with Crippen LogP contribution in [0.3, 0.4) is 0 Å². The molecule has 4 rings (SSSR count). The van der Waals surface area contributed by atoms with Crippen LogP contribution in [0.4, 0.5) is 0 Å². The summed E-state index contributed by atoms with van der Waals surface area (Å²) in [6.45, 7) is -2.43. The molecule has 5 atom stereocenters. The number of ether oxygens (including phenoxy) is 2. The topological polar surface area (TPSA) is 59.1 Å². The van der Waals surface area contributed by atoms with Crippen molar-refractivity contribution in [1.29, 1.82) is 0 Å². The van der Waals surface area contributed by atoms with Gasteiger partial charge in [0.05, 0.1) is 24.7 Å². The average Bonchev–Trinajstić information content (AvgIpc) is 3.34. The van der Waals surface area contributed by atoms with E-state index in [0.29, 0.717) is 18.4 Å². The molecular formula is C18H24NO4+. The zero-order chi connectivity index (χ0) is 18.7. The molecule has 1 aromatic rings. The number of aliphatic hydroxyl groups excluding tert-OH is 1. The predicted octanol–water partition coefficient (Wildman–Crippen LogP) is 1.06. The number of fused-ring (bicyclic) bond motifs is 5. The third kappa shape index (κ3) is 2.38. The van der Waals surface area contributed by atoms with Gasteiger partial charge in [0.2, 0.25) is 0 Å². The van der Waals surface area contributed by atoms with E-state index in [9.17, 15) is 9.90 Å². The molecule has 3 aliphatic heterocycles. The van der Waals surface area contributed by atoms with Crippen LogP contribution >= 0.6 is 0 Å². The van der Waals surface area contributed by atoms with Gasteiger partial charge in [-0.2, -0.15) is 0 Å². The molecule has 0 spiro atoms. The van der Waals surface area contributed by atoms with Crippen molar-refractivity contribution in [3.05, 3.63) is 35.9 Å². The highest BCUT2D eigenvalue weighted by molar-refractivity contribution is 5.78. The Morgan fingerprint density at radius 1 is 1.39 bits per heavy atom. The number of rotatable bonds is 4. The minimum absolute atomic E-state index is 0.00149. The Kier molecular flexibility index (Phi) is 2.76. The Hall–Kier alpha value is -1.43. The summed E-state index contributed by atoms with van der Waals surface area (Å²) < 4.78 is 35.2. The van der Waals surface area contributed by atoms with Crippen LogP contribution in [0.5, 0.6) is 0 Å². The number of hydrogen-bond acceptors (Lipinski definition) is 4. The van der Waals surface area contributed by atoms with Crippen LogP contribution in [0.1, 0.15) is 28.4 Å². The molecule has 5 heteroatoms. The van der Waals surface area contributed by atoms with Gasteiger partial charge in [-0.05, 0) is 5.56 Å². The number of benzene rings is 1. The normalized spacial score (nSPS) is 44.4. The molecule has 3 fully saturated rings. The van der Waals surface area contributed by atoms with Crippen molar-refractivity contribution in [2.45, 2.75) is 49.2 Å². The minimum atomic E-state index is -2.11. The van der Waals surface area contributed by atoms with Gasteiger partial charge in [-0.15, -0.1) is 0 Å². The molecule has 0 radical (unpaired) electrons. The fraction of sp³-hybridized carbons (Fsp3) is 0.611. The van der Waals surface area contributed by atoms with Crippen molar-refractivity contribution < 1.29 is 28.0 Å². The first kappa shape index (κ1) is 12.0. The van der Waals surface area contributed by atoms with Crippen molar-refractivity contribution in [1.82, 2.24) is 0 Å². The lowest BCUT2D eigenvalue weighted by atomic mass is 9.95. The van der Waals surface area contributed by atoms with E-state index in [-0.39, 0.29) is 41.5 Å². The number of likely N-dealkylation sites (N-methyl/N-ethyl adjacent to an activating group) is 1. The first-order chi connectivity index (χ1) is 12.3. The van der Waals surface area contributed by atoms with Gasteiger partial charge in [-0.25, -0.2) is 0 Å². The SMILES string of the molecule is [3H]C([3H])([3H])[N+]1(C)C2CC(OC(=O)C(CO)c3ccccc3)CC1C1OC12. The quantitative estimate of drug-likeness (QED) is 0.511. The highest BCUT2D eigenvalue weighted by atomic mass is 16.6. The molecule has 0 aromatic heterocycles. The Bertz CT molecular complexity index is 677. The number of hydrogen-bond donors (Lipinski definition) is 1. The molecule has 2 bridgehead atoms. The smallest absolute Gasteiger partial charge is 0.316 e. The van der Waals surface area contributed by atoms with Gasteiger partial charge in [0.25, 0.3) is 0 Å². The molecule has 0 amide bonds. The lowest BCUT2D eigenvalue weighted by Gasteiger charge is -2.45. The van der Waals surface area contributed by atoms with E-state index in [4.69, 9.17) is 13.6 Å². The summed E-state index contributed by atoms with van der Waals surface area (Å²) in [6, 6.07) is 8.69. The Morgan fingerprint density at radius 2 is 2.04 bits per heavy atom. The zero-order valence-electron chi connectivity index (χ0n) is 16.1. The predicted molar refractivity (Wildman–Crippen MR) is 83.7 cm³/mol. The van der Waals surface area contributed by atoms with Gasteiger partial charge in [0.1, 0.15) is 36.3 Å². The van der Waals surface area contributed by atoms with E-state index in [1.165, 1.54) is 0 Å². The average molecular weight is 324 g/mol. The Balaban J connectivity index is 1.48. The van der Waals surface area contributed by atoms with Crippen molar-refractivity contribution in [3.8, 4) is 0 Å². The number of morpholine rings is 1. The fourth-order valence-electron chi connectivity index (χ4n) is 4.30. The van der Waals surface area contributed by atoms with E-state index in [1.54, 1.807) is 19.2 Å². The molecule has 3 saturated heterocycles. The number of epoxide rings is 1. The molecule has 0 aliphatic carbocycles. The van der Waals surface area contributed by atoms with E-state index in [2.05, 4.69) is 0 Å². The first-order valence-corrected chi connectivity index (χ1v) is 8.15. The second-order valence-electron chi connectivity index (χ2n) is 7.02. The second kappa shape index (κ2) is 5.30. The summed E-state index contributed by atoms with van der Waals surface area (Å²) >= 11 is 0. The zero-order valence-corrected chi connectivity index (χ0v) is 13.1. The maximum absolute atomic E-state index is 12.6.